The lowest BCUT2D eigenvalue weighted by atomic mass is 10.1. The van der Waals surface area contributed by atoms with Crippen molar-refractivity contribution < 1.29 is 27.9 Å². The fourth-order valence-electron chi connectivity index (χ4n) is 2.30. The number of hydrogen-bond donors (Lipinski definition) is 1. The first-order chi connectivity index (χ1) is 12.4. The van der Waals surface area contributed by atoms with E-state index in [0.717, 1.165) is 0 Å². The molecular weight excluding hydrogens is 383 g/mol. The van der Waals surface area contributed by atoms with Crippen molar-refractivity contribution in [3.8, 4) is 5.75 Å². The summed E-state index contributed by atoms with van der Waals surface area (Å²) in [5.41, 5.74) is 0.702. The third-order valence-electron chi connectivity index (χ3n) is 4.88. The predicted octanol–water partition coefficient (Wildman–Crippen LogP) is 5.34. The van der Waals surface area contributed by atoms with Crippen LogP contribution < -0.4 is 4.74 Å². The largest absolute Gasteiger partial charge is 0.497 e. The molecule has 0 aliphatic rings. The summed E-state index contributed by atoms with van der Waals surface area (Å²) in [6.07, 6.45) is -0.833. The van der Waals surface area contributed by atoms with Crippen molar-refractivity contribution in [3.63, 3.8) is 0 Å². The molecule has 27 heavy (non-hydrogen) atoms. The fourth-order valence-corrected chi connectivity index (χ4v) is 5.34. The topological polar surface area (TPSA) is 74.2 Å². The molecule has 0 bridgehead atoms. The molecule has 1 aromatic rings. The maximum atomic E-state index is 13.2. The van der Waals surface area contributed by atoms with Crippen LogP contribution in [0.25, 0.3) is 0 Å². The van der Waals surface area contributed by atoms with Crippen LogP contribution in [0.4, 0.5) is 0 Å². The molecule has 0 amide bonds. The summed E-state index contributed by atoms with van der Waals surface area (Å²) in [5, 5.41) is 11.0. The van der Waals surface area contributed by atoms with E-state index in [0.29, 0.717) is 11.3 Å². The van der Waals surface area contributed by atoms with Crippen LogP contribution in [0, 0.1) is 0 Å². The second-order valence-electron chi connectivity index (χ2n) is 7.86. The van der Waals surface area contributed by atoms with E-state index in [2.05, 4.69) is 33.9 Å². The molecule has 0 heterocycles. The Morgan fingerprint density at radius 3 is 1.93 bits per heavy atom. The highest BCUT2D eigenvalue weighted by molar-refractivity contribution is 7.54. The Labute approximate surface area is 164 Å². The van der Waals surface area contributed by atoms with Crippen LogP contribution in [-0.4, -0.2) is 39.6 Å². The van der Waals surface area contributed by atoms with Crippen molar-refractivity contribution in [1.82, 2.24) is 0 Å². The van der Waals surface area contributed by atoms with Gasteiger partial charge >= 0.3 is 7.60 Å². The predicted molar refractivity (Wildman–Crippen MR) is 111 cm³/mol. The summed E-state index contributed by atoms with van der Waals surface area (Å²) in [6, 6.07) is 7.19. The van der Waals surface area contributed by atoms with E-state index in [1.165, 1.54) is 0 Å². The van der Waals surface area contributed by atoms with Crippen molar-refractivity contribution in [2.45, 2.75) is 64.7 Å². The number of aliphatic hydroxyl groups is 1. The molecule has 0 radical (unpaired) electrons. The Morgan fingerprint density at radius 1 is 1.07 bits per heavy atom. The van der Waals surface area contributed by atoms with E-state index < -0.39 is 27.9 Å². The summed E-state index contributed by atoms with van der Waals surface area (Å²) in [5.74, 6) is -0.739. The molecule has 2 atom stereocenters. The molecule has 0 aliphatic carbocycles. The fraction of sp³-hybridized carbons (Fsp3) is 0.684. The van der Waals surface area contributed by atoms with Gasteiger partial charge in [0.25, 0.3) is 0 Å². The monoisotopic (exact) mass is 418 g/mol. The first kappa shape index (κ1) is 24.3. The minimum atomic E-state index is -3.77. The summed E-state index contributed by atoms with van der Waals surface area (Å²) >= 11 is 0. The van der Waals surface area contributed by atoms with Gasteiger partial charge in [-0.3, -0.25) is 4.57 Å². The van der Waals surface area contributed by atoms with Gasteiger partial charge in [-0.05, 0) is 49.7 Å². The van der Waals surface area contributed by atoms with Gasteiger partial charge in [0.05, 0.1) is 20.3 Å². The van der Waals surface area contributed by atoms with Crippen LogP contribution in [0.1, 0.15) is 46.3 Å². The summed E-state index contributed by atoms with van der Waals surface area (Å²) in [6.45, 7) is 14.3. The zero-order chi connectivity index (χ0) is 20.9. The molecule has 1 N–H and O–H groups in total. The van der Waals surface area contributed by atoms with E-state index in [1.54, 1.807) is 33.1 Å². The first-order valence-corrected chi connectivity index (χ1v) is 13.8. The van der Waals surface area contributed by atoms with Crippen molar-refractivity contribution >= 4 is 15.9 Å². The highest BCUT2D eigenvalue weighted by Gasteiger charge is 2.46. The zero-order valence-electron chi connectivity index (χ0n) is 17.8. The maximum absolute atomic E-state index is 13.2. The molecule has 0 unspecified atom stereocenters. The van der Waals surface area contributed by atoms with E-state index >= 15 is 0 Å². The number of aliphatic hydroxyl groups excluding tert-OH is 1. The molecule has 1 aromatic carbocycles. The van der Waals surface area contributed by atoms with Gasteiger partial charge in [-0.25, -0.2) is 0 Å². The third-order valence-corrected chi connectivity index (χ3v) is 11.5. The van der Waals surface area contributed by atoms with Crippen LogP contribution in [0.5, 0.6) is 5.75 Å². The SMILES string of the molecule is CCOP(=O)(OCC)[C@H](O)[C@@H](O[Si](C)(C)C(C)(C)C)c1ccc(OC)cc1. The van der Waals surface area contributed by atoms with Crippen molar-refractivity contribution in [2.24, 2.45) is 0 Å². The Morgan fingerprint density at radius 2 is 1.56 bits per heavy atom. The van der Waals surface area contributed by atoms with Gasteiger partial charge in [0.2, 0.25) is 0 Å². The molecular formula is C19H35O6PSi. The van der Waals surface area contributed by atoms with Crippen molar-refractivity contribution in [2.75, 3.05) is 20.3 Å². The van der Waals surface area contributed by atoms with Crippen LogP contribution in [-0.2, 0) is 18.0 Å². The van der Waals surface area contributed by atoms with E-state index in [-0.39, 0.29) is 18.3 Å². The summed E-state index contributed by atoms with van der Waals surface area (Å²) in [4.78, 5) is 0. The lowest BCUT2D eigenvalue weighted by Crippen LogP contribution is -2.44. The molecule has 0 saturated carbocycles. The van der Waals surface area contributed by atoms with Gasteiger partial charge in [0, 0.05) is 0 Å². The molecule has 156 valence electrons. The first-order valence-electron chi connectivity index (χ1n) is 9.30. The van der Waals surface area contributed by atoms with E-state index in [9.17, 15) is 9.67 Å². The number of hydrogen-bond acceptors (Lipinski definition) is 6. The Bertz CT molecular complexity index is 616. The lowest BCUT2D eigenvalue weighted by Gasteiger charge is -2.41. The van der Waals surface area contributed by atoms with Gasteiger partial charge in [0.15, 0.2) is 14.2 Å². The number of rotatable bonds is 10. The molecule has 8 heteroatoms. The van der Waals surface area contributed by atoms with Crippen molar-refractivity contribution in [1.29, 1.82) is 0 Å². The van der Waals surface area contributed by atoms with Gasteiger partial charge in [0.1, 0.15) is 11.9 Å². The van der Waals surface area contributed by atoms with Crippen LogP contribution in [0.2, 0.25) is 18.1 Å². The standard InChI is InChI=1S/C19H35O6PSi/c1-9-23-26(21,24-10-2)18(20)17(25-27(7,8)19(3,4)5)15-11-13-16(22-6)14-12-15/h11-14,17-18,20H,9-10H2,1-8H3/t17-,18-/m0/s1. The average molecular weight is 419 g/mol. The highest BCUT2D eigenvalue weighted by atomic mass is 31.2. The third kappa shape index (κ3) is 6.14. The highest BCUT2D eigenvalue weighted by Crippen LogP contribution is 2.57. The van der Waals surface area contributed by atoms with Gasteiger partial charge in [-0.1, -0.05) is 32.9 Å². The normalized spacial score (nSPS) is 15.4. The lowest BCUT2D eigenvalue weighted by molar-refractivity contribution is 0.0469. The van der Waals surface area contributed by atoms with Crippen molar-refractivity contribution in [3.05, 3.63) is 29.8 Å². The minimum Gasteiger partial charge on any atom is -0.497 e. The van der Waals surface area contributed by atoms with E-state index in [4.69, 9.17) is 18.2 Å². The van der Waals surface area contributed by atoms with Gasteiger partial charge in [-0.15, -0.1) is 0 Å². The number of ether oxygens (including phenoxy) is 1. The quantitative estimate of drug-likeness (QED) is 0.408. The minimum absolute atomic E-state index is 0.0847. The summed E-state index contributed by atoms with van der Waals surface area (Å²) < 4.78 is 35.6. The van der Waals surface area contributed by atoms with E-state index in [1.807, 2.05) is 12.1 Å². The second-order valence-corrected chi connectivity index (χ2v) is 14.7. The second kappa shape index (κ2) is 9.68. The average Bonchev–Trinajstić information content (AvgIpc) is 2.58. The molecule has 0 aromatic heterocycles. The van der Waals surface area contributed by atoms with Crippen LogP contribution in [0.3, 0.4) is 0 Å². The zero-order valence-corrected chi connectivity index (χ0v) is 19.7. The van der Waals surface area contributed by atoms with Crippen LogP contribution >= 0.6 is 7.60 Å². The molecule has 0 spiro atoms. The van der Waals surface area contributed by atoms with Gasteiger partial charge in [-0.2, -0.15) is 0 Å². The Balaban J connectivity index is 3.36. The molecule has 1 rings (SSSR count). The maximum Gasteiger partial charge on any atom is 0.361 e. The Kier molecular flexibility index (Phi) is 8.73. The molecule has 0 saturated heterocycles. The molecule has 6 nitrogen and oxygen atoms in total. The number of methoxy groups -OCH3 is 1. The Hall–Kier alpha value is -0.693. The van der Waals surface area contributed by atoms with Crippen LogP contribution in [0.15, 0.2) is 24.3 Å². The van der Waals surface area contributed by atoms with Gasteiger partial charge < -0.3 is 23.3 Å². The molecule has 0 fully saturated rings. The summed E-state index contributed by atoms with van der Waals surface area (Å²) in [7, 11) is -4.46. The smallest absolute Gasteiger partial charge is 0.361 e. The molecule has 0 aliphatic heterocycles. The number of benzene rings is 1.